The normalized spacial score (nSPS) is 29.5. The van der Waals surface area contributed by atoms with E-state index in [0.29, 0.717) is 5.92 Å². The summed E-state index contributed by atoms with van der Waals surface area (Å²) in [5.41, 5.74) is 8.85. The predicted octanol–water partition coefficient (Wildman–Crippen LogP) is 3.91. The first-order valence-corrected chi connectivity index (χ1v) is 8.39. The van der Waals surface area contributed by atoms with Crippen LogP contribution in [0.4, 0.5) is 5.69 Å². The van der Waals surface area contributed by atoms with Crippen LogP contribution in [0.2, 0.25) is 0 Å². The van der Waals surface area contributed by atoms with Crippen LogP contribution in [0.3, 0.4) is 0 Å². The van der Waals surface area contributed by atoms with Gasteiger partial charge in [-0.25, -0.2) is 0 Å². The molecule has 1 aliphatic carbocycles. The van der Waals surface area contributed by atoms with Crippen molar-refractivity contribution in [1.82, 2.24) is 0 Å². The molecule has 0 amide bonds. The SMILES string of the molecule is CCC1CCCC(N2CC(CCN)c3ccccc32)C1. The van der Waals surface area contributed by atoms with E-state index in [4.69, 9.17) is 5.73 Å². The van der Waals surface area contributed by atoms with Crippen LogP contribution in [-0.4, -0.2) is 19.1 Å². The average Bonchev–Trinajstić information content (AvgIpc) is 2.87. The highest BCUT2D eigenvalue weighted by atomic mass is 15.2. The fraction of sp³-hybridized carbons (Fsp3) is 0.667. The third kappa shape index (κ3) is 2.58. The number of anilines is 1. The lowest BCUT2D eigenvalue weighted by atomic mass is 9.83. The molecule has 0 saturated heterocycles. The van der Waals surface area contributed by atoms with Gasteiger partial charge in [-0.05, 0) is 43.4 Å². The van der Waals surface area contributed by atoms with Gasteiger partial charge in [-0.2, -0.15) is 0 Å². The molecule has 1 saturated carbocycles. The van der Waals surface area contributed by atoms with Crippen molar-refractivity contribution in [2.45, 2.75) is 57.4 Å². The molecule has 2 N–H and O–H groups in total. The van der Waals surface area contributed by atoms with E-state index in [0.717, 1.165) is 24.9 Å². The molecule has 3 rings (SSSR count). The molecule has 2 heteroatoms. The average molecular weight is 272 g/mol. The number of nitrogens with zero attached hydrogens (tertiary/aromatic N) is 1. The van der Waals surface area contributed by atoms with Crippen LogP contribution >= 0.6 is 0 Å². The zero-order valence-corrected chi connectivity index (χ0v) is 12.7. The van der Waals surface area contributed by atoms with Crippen LogP contribution in [0.1, 0.15) is 56.9 Å². The quantitative estimate of drug-likeness (QED) is 0.900. The summed E-state index contributed by atoms with van der Waals surface area (Å²) in [7, 11) is 0. The van der Waals surface area contributed by atoms with Crippen LogP contribution in [0.15, 0.2) is 24.3 Å². The van der Waals surface area contributed by atoms with E-state index in [-0.39, 0.29) is 0 Å². The predicted molar refractivity (Wildman–Crippen MR) is 86.2 cm³/mol. The Hall–Kier alpha value is -1.02. The topological polar surface area (TPSA) is 29.3 Å². The standard InChI is InChI=1S/C18H28N2/c1-2-14-6-5-7-16(12-14)20-13-15(10-11-19)17-8-3-4-9-18(17)20/h3-4,8-9,14-16H,2,5-7,10-13,19H2,1H3. The van der Waals surface area contributed by atoms with Gasteiger partial charge in [-0.15, -0.1) is 0 Å². The summed E-state index contributed by atoms with van der Waals surface area (Å²) >= 11 is 0. The summed E-state index contributed by atoms with van der Waals surface area (Å²) < 4.78 is 0. The minimum absolute atomic E-state index is 0.651. The molecule has 3 unspecified atom stereocenters. The van der Waals surface area contributed by atoms with E-state index >= 15 is 0 Å². The Kier molecular flexibility index (Phi) is 4.30. The third-order valence-electron chi connectivity index (χ3n) is 5.39. The molecule has 110 valence electrons. The maximum absolute atomic E-state index is 5.81. The van der Waals surface area contributed by atoms with E-state index in [9.17, 15) is 0 Å². The Bertz CT molecular complexity index is 443. The first-order valence-electron chi connectivity index (χ1n) is 8.39. The van der Waals surface area contributed by atoms with E-state index in [2.05, 4.69) is 36.1 Å². The summed E-state index contributed by atoms with van der Waals surface area (Å²) in [6, 6.07) is 9.77. The van der Waals surface area contributed by atoms with Gasteiger partial charge in [0.2, 0.25) is 0 Å². The number of benzene rings is 1. The molecule has 1 aromatic carbocycles. The fourth-order valence-electron chi connectivity index (χ4n) is 4.24. The summed E-state index contributed by atoms with van der Waals surface area (Å²) in [5, 5.41) is 0. The van der Waals surface area contributed by atoms with Gasteiger partial charge in [0.1, 0.15) is 0 Å². The van der Waals surface area contributed by atoms with Crippen LogP contribution in [0.5, 0.6) is 0 Å². The van der Waals surface area contributed by atoms with Crippen LogP contribution in [-0.2, 0) is 0 Å². The van der Waals surface area contributed by atoms with Gasteiger partial charge in [0.05, 0.1) is 0 Å². The van der Waals surface area contributed by atoms with Gasteiger partial charge >= 0.3 is 0 Å². The van der Waals surface area contributed by atoms with Crippen molar-refractivity contribution in [3.63, 3.8) is 0 Å². The van der Waals surface area contributed by atoms with E-state index < -0.39 is 0 Å². The molecule has 20 heavy (non-hydrogen) atoms. The summed E-state index contributed by atoms with van der Waals surface area (Å²) in [6.07, 6.45) is 8.08. The van der Waals surface area contributed by atoms with Crippen molar-refractivity contribution in [2.75, 3.05) is 18.0 Å². The van der Waals surface area contributed by atoms with Gasteiger partial charge in [0.25, 0.3) is 0 Å². The van der Waals surface area contributed by atoms with Crippen molar-refractivity contribution in [3.8, 4) is 0 Å². The van der Waals surface area contributed by atoms with Crippen molar-refractivity contribution < 1.29 is 0 Å². The molecular formula is C18H28N2. The number of fused-ring (bicyclic) bond motifs is 1. The molecule has 0 radical (unpaired) electrons. The van der Waals surface area contributed by atoms with Crippen LogP contribution in [0.25, 0.3) is 0 Å². The summed E-state index contributed by atoms with van der Waals surface area (Å²) in [6.45, 7) is 4.34. The lowest BCUT2D eigenvalue weighted by Gasteiger charge is -2.37. The molecule has 0 spiro atoms. The van der Waals surface area contributed by atoms with E-state index in [1.54, 1.807) is 0 Å². The Labute approximate surface area is 123 Å². The second-order valence-corrected chi connectivity index (χ2v) is 6.58. The molecule has 0 aromatic heterocycles. The van der Waals surface area contributed by atoms with Crippen molar-refractivity contribution in [3.05, 3.63) is 29.8 Å². The smallest absolute Gasteiger partial charge is 0.0405 e. The first kappa shape index (κ1) is 13.9. The highest BCUT2D eigenvalue weighted by Crippen LogP contribution is 2.42. The van der Waals surface area contributed by atoms with Gasteiger partial charge in [0.15, 0.2) is 0 Å². The lowest BCUT2D eigenvalue weighted by Crippen LogP contribution is -2.38. The van der Waals surface area contributed by atoms with E-state index in [1.165, 1.54) is 49.9 Å². The third-order valence-corrected chi connectivity index (χ3v) is 5.39. The van der Waals surface area contributed by atoms with Gasteiger partial charge < -0.3 is 10.6 Å². The maximum atomic E-state index is 5.81. The molecule has 1 aromatic rings. The van der Waals surface area contributed by atoms with Gasteiger partial charge in [0, 0.05) is 24.2 Å². The number of nitrogens with two attached hydrogens (primary N) is 1. The zero-order chi connectivity index (χ0) is 13.9. The second-order valence-electron chi connectivity index (χ2n) is 6.58. The molecule has 2 aliphatic rings. The Balaban J connectivity index is 1.80. The molecule has 1 heterocycles. The van der Waals surface area contributed by atoms with Gasteiger partial charge in [-0.1, -0.05) is 44.4 Å². The largest absolute Gasteiger partial charge is 0.368 e. The summed E-state index contributed by atoms with van der Waals surface area (Å²) in [4.78, 5) is 2.71. The number of rotatable bonds is 4. The monoisotopic (exact) mass is 272 g/mol. The van der Waals surface area contributed by atoms with Gasteiger partial charge in [-0.3, -0.25) is 0 Å². The fourth-order valence-corrected chi connectivity index (χ4v) is 4.24. The Morgan fingerprint density at radius 3 is 2.90 bits per heavy atom. The molecule has 3 atom stereocenters. The number of hydrogen-bond acceptors (Lipinski definition) is 2. The zero-order valence-electron chi connectivity index (χ0n) is 12.7. The molecule has 1 aliphatic heterocycles. The molecule has 2 nitrogen and oxygen atoms in total. The van der Waals surface area contributed by atoms with Crippen molar-refractivity contribution in [2.24, 2.45) is 11.7 Å². The molecule has 1 fully saturated rings. The number of para-hydroxylation sites is 1. The minimum Gasteiger partial charge on any atom is -0.368 e. The second kappa shape index (κ2) is 6.17. The Morgan fingerprint density at radius 1 is 1.25 bits per heavy atom. The first-order chi connectivity index (χ1) is 9.83. The Morgan fingerprint density at radius 2 is 2.10 bits per heavy atom. The van der Waals surface area contributed by atoms with E-state index in [1.807, 2.05) is 0 Å². The van der Waals surface area contributed by atoms with Crippen LogP contribution in [0, 0.1) is 5.92 Å². The highest BCUT2D eigenvalue weighted by Gasteiger charge is 2.34. The van der Waals surface area contributed by atoms with Crippen molar-refractivity contribution >= 4 is 5.69 Å². The molecular weight excluding hydrogens is 244 g/mol. The maximum Gasteiger partial charge on any atom is 0.0405 e. The number of hydrogen-bond donors (Lipinski definition) is 1. The van der Waals surface area contributed by atoms with Crippen LogP contribution < -0.4 is 10.6 Å². The molecule has 0 bridgehead atoms. The van der Waals surface area contributed by atoms with Crippen molar-refractivity contribution in [1.29, 1.82) is 0 Å². The lowest BCUT2D eigenvalue weighted by molar-refractivity contribution is 0.303. The summed E-state index contributed by atoms with van der Waals surface area (Å²) in [5.74, 6) is 1.59. The highest BCUT2D eigenvalue weighted by molar-refractivity contribution is 5.61. The minimum atomic E-state index is 0.651.